The Morgan fingerprint density at radius 2 is 2.19 bits per heavy atom. The first-order chi connectivity index (χ1) is 7.39. The van der Waals surface area contributed by atoms with Crippen molar-refractivity contribution in [3.05, 3.63) is 17.5 Å². The lowest BCUT2D eigenvalue weighted by molar-refractivity contribution is -0.275. The lowest BCUT2D eigenvalue weighted by Gasteiger charge is -2.13. The van der Waals surface area contributed by atoms with Crippen LogP contribution in [0.4, 0.5) is 13.2 Å². The fourth-order valence-corrected chi connectivity index (χ4v) is 1.17. The normalized spacial score (nSPS) is 11.2. The zero-order valence-corrected chi connectivity index (χ0v) is 8.34. The predicted molar refractivity (Wildman–Crippen MR) is 47.5 cm³/mol. The molecule has 8 heteroatoms. The topological polar surface area (TPSA) is 59.4 Å². The molecule has 0 aliphatic rings. The number of aromatic hydroxyl groups is 1. The first-order valence-electron chi connectivity index (χ1n) is 3.86. The van der Waals surface area contributed by atoms with Gasteiger partial charge in [-0.2, -0.15) is 0 Å². The van der Waals surface area contributed by atoms with Crippen LogP contribution in [0.15, 0.2) is 6.20 Å². The van der Waals surface area contributed by atoms with Crippen LogP contribution < -0.4 is 4.74 Å². The summed E-state index contributed by atoms with van der Waals surface area (Å²) in [7, 11) is 0. The highest BCUT2D eigenvalue weighted by Crippen LogP contribution is 2.33. The maximum Gasteiger partial charge on any atom is 0.573 e. The first kappa shape index (κ1) is 12.6. The van der Waals surface area contributed by atoms with E-state index in [1.807, 2.05) is 0 Å². The summed E-state index contributed by atoms with van der Waals surface area (Å²) in [6.07, 6.45) is -4.13. The Balaban J connectivity index is 3.31. The molecular weight excluding hydrogens is 251 g/mol. The second kappa shape index (κ2) is 4.56. The molecule has 0 saturated carbocycles. The van der Waals surface area contributed by atoms with Crippen LogP contribution in [0, 0.1) is 0 Å². The van der Waals surface area contributed by atoms with Gasteiger partial charge in [0.05, 0.1) is 17.8 Å². The van der Waals surface area contributed by atoms with Crippen molar-refractivity contribution in [2.24, 2.45) is 0 Å². The van der Waals surface area contributed by atoms with Crippen LogP contribution in [-0.4, -0.2) is 22.7 Å². The van der Waals surface area contributed by atoms with E-state index >= 15 is 0 Å². The maximum atomic E-state index is 12.0. The highest BCUT2D eigenvalue weighted by Gasteiger charge is 2.34. The molecule has 88 valence electrons. The third kappa shape index (κ3) is 2.75. The van der Waals surface area contributed by atoms with E-state index in [1.165, 1.54) is 0 Å². The molecule has 1 aromatic rings. The summed E-state index contributed by atoms with van der Waals surface area (Å²) in [4.78, 5) is 13.9. The Bertz CT molecular complexity index is 408. The Morgan fingerprint density at radius 3 is 2.62 bits per heavy atom. The van der Waals surface area contributed by atoms with Crippen molar-refractivity contribution < 1.29 is 27.8 Å². The van der Waals surface area contributed by atoms with Gasteiger partial charge in [0.1, 0.15) is 11.3 Å². The van der Waals surface area contributed by atoms with Gasteiger partial charge in [-0.25, -0.2) is 0 Å². The highest BCUT2D eigenvalue weighted by atomic mass is 35.5. The molecule has 0 aromatic carbocycles. The van der Waals surface area contributed by atoms with Gasteiger partial charge >= 0.3 is 6.36 Å². The number of hydrogen-bond donors (Lipinski definition) is 1. The van der Waals surface area contributed by atoms with E-state index in [-0.39, 0.29) is 17.9 Å². The zero-order chi connectivity index (χ0) is 12.3. The molecule has 1 heterocycles. The lowest BCUT2D eigenvalue weighted by Crippen LogP contribution is -2.19. The van der Waals surface area contributed by atoms with Gasteiger partial charge in [-0.15, -0.1) is 24.8 Å². The van der Waals surface area contributed by atoms with Crippen molar-refractivity contribution in [1.82, 2.24) is 4.98 Å². The third-order valence-corrected chi connectivity index (χ3v) is 1.84. The summed E-state index contributed by atoms with van der Waals surface area (Å²) in [5.74, 6) is -1.97. The van der Waals surface area contributed by atoms with Crippen LogP contribution in [0.5, 0.6) is 11.5 Å². The second-order valence-corrected chi connectivity index (χ2v) is 2.90. The van der Waals surface area contributed by atoms with E-state index in [0.717, 1.165) is 6.20 Å². The quantitative estimate of drug-likeness (QED) is 0.665. The van der Waals surface area contributed by atoms with Gasteiger partial charge in [0, 0.05) is 0 Å². The standard InChI is InChI=1S/C8H5ClF3NO3/c9-1-5-7(16-8(10,11)12)4(3-14)6(15)2-13-5/h2-3,15H,1H2. The molecular formula is C8H5ClF3NO3. The van der Waals surface area contributed by atoms with Gasteiger partial charge in [0.2, 0.25) is 0 Å². The molecule has 0 saturated heterocycles. The number of rotatable bonds is 3. The van der Waals surface area contributed by atoms with E-state index in [4.69, 9.17) is 16.7 Å². The van der Waals surface area contributed by atoms with Gasteiger partial charge in [0.25, 0.3) is 0 Å². The van der Waals surface area contributed by atoms with Crippen LogP contribution in [0.25, 0.3) is 0 Å². The molecule has 16 heavy (non-hydrogen) atoms. The molecule has 0 amide bonds. The number of pyridine rings is 1. The van der Waals surface area contributed by atoms with Gasteiger partial charge in [-0.3, -0.25) is 9.78 Å². The highest BCUT2D eigenvalue weighted by molar-refractivity contribution is 6.17. The van der Waals surface area contributed by atoms with E-state index in [1.54, 1.807) is 0 Å². The van der Waals surface area contributed by atoms with Crippen molar-refractivity contribution >= 4 is 17.9 Å². The van der Waals surface area contributed by atoms with Crippen molar-refractivity contribution in [3.8, 4) is 11.5 Å². The molecule has 0 radical (unpaired) electrons. The van der Waals surface area contributed by atoms with E-state index < -0.39 is 23.4 Å². The fourth-order valence-electron chi connectivity index (χ4n) is 0.978. The summed E-state index contributed by atoms with van der Waals surface area (Å²) in [5, 5.41) is 9.12. The van der Waals surface area contributed by atoms with E-state index in [0.29, 0.717) is 0 Å². The summed E-state index contributed by atoms with van der Waals surface area (Å²) in [6.45, 7) is 0. The number of carbonyl (C=O) groups excluding carboxylic acids is 1. The molecule has 0 aliphatic heterocycles. The van der Waals surface area contributed by atoms with Crippen LogP contribution in [0.2, 0.25) is 0 Å². The van der Waals surface area contributed by atoms with Crippen molar-refractivity contribution in [2.45, 2.75) is 12.2 Å². The molecule has 0 unspecified atom stereocenters. The van der Waals surface area contributed by atoms with Gasteiger partial charge in [-0.05, 0) is 0 Å². The zero-order valence-electron chi connectivity index (χ0n) is 7.58. The molecule has 0 atom stereocenters. The molecule has 0 spiro atoms. The first-order valence-corrected chi connectivity index (χ1v) is 4.40. The Hall–Kier alpha value is -1.50. The summed E-state index contributed by atoms with van der Waals surface area (Å²) >= 11 is 5.33. The minimum atomic E-state index is -4.99. The second-order valence-electron chi connectivity index (χ2n) is 2.63. The summed E-state index contributed by atoms with van der Waals surface area (Å²) < 4.78 is 39.6. The van der Waals surface area contributed by atoms with E-state index in [9.17, 15) is 18.0 Å². The minimum Gasteiger partial charge on any atom is -0.505 e. The SMILES string of the molecule is O=Cc1c(O)cnc(CCl)c1OC(F)(F)F. The molecule has 0 fully saturated rings. The number of aromatic nitrogens is 1. The molecule has 0 bridgehead atoms. The average molecular weight is 256 g/mol. The van der Waals surface area contributed by atoms with Gasteiger partial charge in [-0.1, -0.05) is 0 Å². The Labute approximate surface area is 92.6 Å². The summed E-state index contributed by atoms with van der Waals surface area (Å²) in [6, 6.07) is 0. The Morgan fingerprint density at radius 1 is 1.56 bits per heavy atom. The minimum absolute atomic E-state index is 0.0358. The number of carbonyl (C=O) groups is 1. The number of nitrogens with zero attached hydrogens (tertiary/aromatic N) is 1. The molecule has 1 N–H and O–H groups in total. The van der Waals surface area contributed by atoms with E-state index in [2.05, 4.69) is 9.72 Å². The predicted octanol–water partition coefficient (Wildman–Crippen LogP) is 2.24. The van der Waals surface area contributed by atoms with Crippen LogP contribution in [0.1, 0.15) is 16.1 Å². The van der Waals surface area contributed by atoms with Crippen molar-refractivity contribution in [2.75, 3.05) is 0 Å². The molecule has 0 aliphatic carbocycles. The molecule has 4 nitrogen and oxygen atoms in total. The van der Waals surface area contributed by atoms with Crippen LogP contribution in [-0.2, 0) is 5.88 Å². The van der Waals surface area contributed by atoms with Gasteiger partial charge in [0.15, 0.2) is 12.0 Å². The number of halogens is 4. The lowest BCUT2D eigenvalue weighted by atomic mass is 10.2. The molecule has 1 aromatic heterocycles. The number of hydrogen-bond acceptors (Lipinski definition) is 4. The fraction of sp³-hybridized carbons (Fsp3) is 0.250. The van der Waals surface area contributed by atoms with Crippen LogP contribution >= 0.6 is 11.6 Å². The monoisotopic (exact) mass is 255 g/mol. The molecule has 1 rings (SSSR count). The van der Waals surface area contributed by atoms with Crippen molar-refractivity contribution in [1.29, 1.82) is 0 Å². The van der Waals surface area contributed by atoms with Crippen molar-refractivity contribution in [3.63, 3.8) is 0 Å². The smallest absolute Gasteiger partial charge is 0.505 e. The van der Waals surface area contributed by atoms with Gasteiger partial charge < -0.3 is 9.84 Å². The maximum absolute atomic E-state index is 12.0. The number of alkyl halides is 4. The number of ether oxygens (including phenoxy) is 1. The largest absolute Gasteiger partial charge is 0.573 e. The third-order valence-electron chi connectivity index (χ3n) is 1.59. The van der Waals surface area contributed by atoms with Crippen LogP contribution in [0.3, 0.4) is 0 Å². The number of aldehydes is 1. The average Bonchev–Trinajstić information content (AvgIpc) is 2.16. The Kier molecular flexibility index (Phi) is 3.58. The summed E-state index contributed by atoms with van der Waals surface area (Å²) in [5.41, 5.74) is -0.915.